The average molecular weight is 294 g/mol. The third-order valence-corrected chi connectivity index (χ3v) is 4.06. The van der Waals surface area contributed by atoms with E-state index in [9.17, 15) is 0 Å². The molecule has 0 bridgehead atoms. The number of hydrogen-bond donors (Lipinski definition) is 0. The van der Waals surface area contributed by atoms with Gasteiger partial charge in [-0.3, -0.25) is 9.67 Å². The molecule has 1 aromatic carbocycles. The molecule has 22 heavy (non-hydrogen) atoms. The van der Waals surface area contributed by atoms with E-state index in [4.69, 9.17) is 4.74 Å². The van der Waals surface area contributed by atoms with E-state index >= 15 is 0 Å². The van der Waals surface area contributed by atoms with E-state index < -0.39 is 0 Å². The second kappa shape index (κ2) is 5.77. The Hall–Kier alpha value is -2.40. The third kappa shape index (κ3) is 2.55. The van der Waals surface area contributed by atoms with Gasteiger partial charge in [-0.1, -0.05) is 18.2 Å². The Bertz CT molecular complexity index is 751. The maximum atomic E-state index is 5.90. The Labute approximate surface area is 129 Å². The van der Waals surface area contributed by atoms with Crippen molar-refractivity contribution in [3.8, 4) is 0 Å². The zero-order valence-electron chi connectivity index (χ0n) is 12.3. The molecule has 0 N–H and O–H groups in total. The van der Waals surface area contributed by atoms with Crippen molar-refractivity contribution in [2.45, 2.75) is 12.6 Å². The SMILES string of the molecule is c1ccc2c(N3CCOC(Cn4cccn4)C3)ccnc2c1. The van der Waals surface area contributed by atoms with Gasteiger partial charge >= 0.3 is 0 Å². The van der Waals surface area contributed by atoms with Crippen molar-refractivity contribution in [3.63, 3.8) is 0 Å². The van der Waals surface area contributed by atoms with Gasteiger partial charge in [0.05, 0.1) is 24.8 Å². The van der Waals surface area contributed by atoms with E-state index in [-0.39, 0.29) is 6.10 Å². The summed E-state index contributed by atoms with van der Waals surface area (Å²) < 4.78 is 7.83. The first kappa shape index (κ1) is 13.3. The van der Waals surface area contributed by atoms with Crippen LogP contribution in [-0.2, 0) is 11.3 Å². The first-order valence-corrected chi connectivity index (χ1v) is 7.58. The lowest BCUT2D eigenvalue weighted by Gasteiger charge is -2.35. The molecule has 0 radical (unpaired) electrons. The summed E-state index contributed by atoms with van der Waals surface area (Å²) in [4.78, 5) is 6.84. The highest BCUT2D eigenvalue weighted by molar-refractivity contribution is 5.91. The number of benzene rings is 1. The van der Waals surface area contributed by atoms with Crippen molar-refractivity contribution in [3.05, 3.63) is 55.0 Å². The number of para-hydroxylation sites is 1. The van der Waals surface area contributed by atoms with Gasteiger partial charge in [-0.15, -0.1) is 0 Å². The number of nitrogens with zero attached hydrogens (tertiary/aromatic N) is 4. The Kier molecular flexibility index (Phi) is 3.48. The maximum absolute atomic E-state index is 5.90. The summed E-state index contributed by atoms with van der Waals surface area (Å²) in [5, 5.41) is 5.47. The van der Waals surface area contributed by atoms with Crippen LogP contribution in [0.5, 0.6) is 0 Å². The maximum Gasteiger partial charge on any atom is 0.0946 e. The topological polar surface area (TPSA) is 43.2 Å². The summed E-state index contributed by atoms with van der Waals surface area (Å²) in [6.45, 7) is 3.30. The van der Waals surface area contributed by atoms with Crippen molar-refractivity contribution in [1.29, 1.82) is 0 Å². The molecule has 1 fully saturated rings. The molecule has 1 saturated heterocycles. The minimum absolute atomic E-state index is 0.153. The number of hydrogen-bond acceptors (Lipinski definition) is 4. The van der Waals surface area contributed by atoms with Gasteiger partial charge in [0.1, 0.15) is 0 Å². The van der Waals surface area contributed by atoms with Crippen molar-refractivity contribution in [2.24, 2.45) is 0 Å². The predicted molar refractivity (Wildman–Crippen MR) is 85.9 cm³/mol. The second-order valence-electron chi connectivity index (χ2n) is 5.51. The monoisotopic (exact) mass is 294 g/mol. The van der Waals surface area contributed by atoms with Crippen molar-refractivity contribution >= 4 is 16.6 Å². The van der Waals surface area contributed by atoms with Crippen molar-refractivity contribution in [2.75, 3.05) is 24.6 Å². The van der Waals surface area contributed by atoms with Gasteiger partial charge in [0.2, 0.25) is 0 Å². The first-order valence-electron chi connectivity index (χ1n) is 7.58. The summed E-state index contributed by atoms with van der Waals surface area (Å²) in [7, 11) is 0. The molecule has 112 valence electrons. The van der Waals surface area contributed by atoms with E-state index in [1.165, 1.54) is 11.1 Å². The van der Waals surface area contributed by atoms with Crippen molar-refractivity contribution in [1.82, 2.24) is 14.8 Å². The second-order valence-corrected chi connectivity index (χ2v) is 5.51. The minimum atomic E-state index is 0.153. The van der Waals surface area contributed by atoms with Gasteiger partial charge in [-0.2, -0.15) is 5.10 Å². The number of rotatable bonds is 3. The van der Waals surface area contributed by atoms with E-state index in [0.717, 1.165) is 31.8 Å². The summed E-state index contributed by atoms with van der Waals surface area (Å²) in [6, 6.07) is 12.3. The molecular weight excluding hydrogens is 276 g/mol. The van der Waals surface area contributed by atoms with Crippen LogP contribution in [0.2, 0.25) is 0 Å². The molecule has 0 saturated carbocycles. The summed E-state index contributed by atoms with van der Waals surface area (Å²) in [5.41, 5.74) is 2.27. The smallest absolute Gasteiger partial charge is 0.0946 e. The van der Waals surface area contributed by atoms with Gasteiger partial charge in [-0.25, -0.2) is 0 Å². The molecule has 1 aliphatic rings. The molecule has 0 amide bonds. The van der Waals surface area contributed by atoms with E-state index in [1.54, 1.807) is 6.20 Å². The third-order valence-electron chi connectivity index (χ3n) is 4.06. The van der Waals surface area contributed by atoms with E-state index in [0.29, 0.717) is 0 Å². The molecule has 5 nitrogen and oxygen atoms in total. The van der Waals surface area contributed by atoms with Crippen LogP contribution < -0.4 is 4.90 Å². The standard InChI is InChI=1S/C17H18N4O/c1-2-5-16-15(4-1)17(6-8-18-16)20-10-11-22-14(12-20)13-21-9-3-7-19-21/h1-9,14H,10-13H2. The van der Waals surface area contributed by atoms with Gasteiger partial charge in [-0.05, 0) is 18.2 Å². The largest absolute Gasteiger partial charge is 0.373 e. The number of fused-ring (bicyclic) bond motifs is 1. The zero-order chi connectivity index (χ0) is 14.8. The van der Waals surface area contributed by atoms with Crippen LogP contribution in [0.25, 0.3) is 10.9 Å². The van der Waals surface area contributed by atoms with Crippen LogP contribution in [0.4, 0.5) is 5.69 Å². The zero-order valence-corrected chi connectivity index (χ0v) is 12.3. The molecule has 0 aliphatic carbocycles. The van der Waals surface area contributed by atoms with E-state index in [1.807, 2.05) is 29.2 Å². The number of pyridine rings is 1. The summed E-state index contributed by atoms with van der Waals surface area (Å²) in [6.07, 6.45) is 5.82. The number of morpholine rings is 1. The molecule has 1 aliphatic heterocycles. The van der Waals surface area contributed by atoms with Gasteiger partial charge < -0.3 is 9.64 Å². The van der Waals surface area contributed by atoms with E-state index in [2.05, 4.69) is 39.2 Å². The highest BCUT2D eigenvalue weighted by atomic mass is 16.5. The molecular formula is C17H18N4O. The minimum Gasteiger partial charge on any atom is -0.373 e. The molecule has 0 spiro atoms. The molecule has 5 heteroatoms. The number of anilines is 1. The molecule has 1 unspecified atom stereocenters. The molecule has 3 aromatic rings. The Balaban J connectivity index is 1.58. The van der Waals surface area contributed by atoms with Crippen LogP contribution in [0.3, 0.4) is 0 Å². The highest BCUT2D eigenvalue weighted by Crippen LogP contribution is 2.26. The van der Waals surface area contributed by atoms with Crippen LogP contribution in [-0.4, -0.2) is 40.6 Å². The van der Waals surface area contributed by atoms with Gasteiger partial charge in [0.25, 0.3) is 0 Å². The molecule has 3 heterocycles. The lowest BCUT2D eigenvalue weighted by molar-refractivity contribution is 0.0275. The predicted octanol–water partition coefficient (Wildman–Crippen LogP) is 2.34. The normalized spacial score (nSPS) is 18.7. The number of aromatic nitrogens is 3. The van der Waals surface area contributed by atoms with Crippen LogP contribution >= 0.6 is 0 Å². The lowest BCUT2D eigenvalue weighted by Crippen LogP contribution is -2.44. The Morgan fingerprint density at radius 2 is 2.09 bits per heavy atom. The highest BCUT2D eigenvalue weighted by Gasteiger charge is 2.22. The fourth-order valence-electron chi connectivity index (χ4n) is 3.02. The van der Waals surface area contributed by atoms with Crippen LogP contribution in [0.15, 0.2) is 55.0 Å². The fourth-order valence-corrected chi connectivity index (χ4v) is 3.02. The summed E-state index contributed by atoms with van der Waals surface area (Å²) >= 11 is 0. The van der Waals surface area contributed by atoms with Crippen LogP contribution in [0.1, 0.15) is 0 Å². The number of ether oxygens (including phenoxy) is 1. The fraction of sp³-hybridized carbons (Fsp3) is 0.294. The van der Waals surface area contributed by atoms with Crippen LogP contribution in [0, 0.1) is 0 Å². The molecule has 1 atom stereocenters. The first-order chi connectivity index (χ1) is 10.9. The Morgan fingerprint density at radius 1 is 1.14 bits per heavy atom. The Morgan fingerprint density at radius 3 is 3.00 bits per heavy atom. The molecule has 2 aromatic heterocycles. The average Bonchev–Trinajstić information content (AvgIpc) is 3.07. The summed E-state index contributed by atoms with van der Waals surface area (Å²) in [5.74, 6) is 0. The van der Waals surface area contributed by atoms with Gasteiger partial charge in [0, 0.05) is 42.8 Å². The molecule has 4 rings (SSSR count). The lowest BCUT2D eigenvalue weighted by atomic mass is 10.1. The quantitative estimate of drug-likeness (QED) is 0.743. The van der Waals surface area contributed by atoms with Gasteiger partial charge in [0.15, 0.2) is 0 Å². The van der Waals surface area contributed by atoms with Crippen molar-refractivity contribution < 1.29 is 4.74 Å².